The number of hydrogen-bond donors (Lipinski definition) is 1. The molecule has 0 atom stereocenters. The standard InChI is InChI=1S/C24H34N6O2S/c1-19-7-6-8-20(17-19)23-25-26-24(33)30(23)12-9-21(31)29-15-13-27(14-16-29)18-22(32)28-10-4-2-3-5-11-28/h6-8,17H,2-5,9-16,18H2,1H3,(H,26,33). The number of H-pyrrole nitrogens is 1. The van der Waals surface area contributed by atoms with E-state index in [4.69, 9.17) is 12.2 Å². The van der Waals surface area contributed by atoms with Gasteiger partial charge in [0.2, 0.25) is 11.8 Å². The Morgan fingerprint density at radius 3 is 2.36 bits per heavy atom. The number of amides is 2. The number of carbonyl (C=O) groups excluding carboxylic acids is 2. The first-order valence-electron chi connectivity index (χ1n) is 12.0. The fourth-order valence-corrected chi connectivity index (χ4v) is 4.89. The Bertz CT molecular complexity index is 1020. The number of nitrogens with one attached hydrogen (secondary N) is 1. The van der Waals surface area contributed by atoms with Crippen LogP contribution in [0.3, 0.4) is 0 Å². The SMILES string of the molecule is Cc1cccc(-c2n[nH]c(=S)n2CCC(=O)N2CCN(CC(=O)N3CCCCCC3)CC2)c1. The van der Waals surface area contributed by atoms with Gasteiger partial charge in [-0.05, 0) is 38.0 Å². The summed E-state index contributed by atoms with van der Waals surface area (Å²) in [6, 6.07) is 8.10. The zero-order chi connectivity index (χ0) is 23.2. The average molecular weight is 471 g/mol. The van der Waals surface area contributed by atoms with Crippen molar-refractivity contribution in [2.24, 2.45) is 0 Å². The van der Waals surface area contributed by atoms with Gasteiger partial charge in [-0.15, -0.1) is 0 Å². The molecule has 0 radical (unpaired) electrons. The van der Waals surface area contributed by atoms with Crippen LogP contribution in [0, 0.1) is 11.7 Å². The molecule has 2 saturated heterocycles. The van der Waals surface area contributed by atoms with Gasteiger partial charge in [0.15, 0.2) is 10.6 Å². The second-order valence-corrected chi connectivity index (χ2v) is 9.46. The van der Waals surface area contributed by atoms with E-state index in [1.54, 1.807) is 0 Å². The molecule has 2 aliphatic rings. The highest BCUT2D eigenvalue weighted by atomic mass is 32.1. The zero-order valence-corrected chi connectivity index (χ0v) is 20.3. The van der Waals surface area contributed by atoms with E-state index in [1.807, 2.05) is 39.5 Å². The summed E-state index contributed by atoms with van der Waals surface area (Å²) in [6.45, 7) is 7.57. The van der Waals surface area contributed by atoms with Gasteiger partial charge in [-0.1, -0.05) is 36.6 Å². The van der Waals surface area contributed by atoms with E-state index >= 15 is 0 Å². The molecular formula is C24H34N6O2S. The van der Waals surface area contributed by atoms with Gasteiger partial charge in [0.1, 0.15) is 0 Å². The van der Waals surface area contributed by atoms with Crippen molar-refractivity contribution in [1.82, 2.24) is 29.5 Å². The lowest BCUT2D eigenvalue weighted by Crippen LogP contribution is -2.51. The van der Waals surface area contributed by atoms with E-state index < -0.39 is 0 Å². The molecule has 0 unspecified atom stereocenters. The summed E-state index contributed by atoms with van der Waals surface area (Å²) < 4.78 is 2.43. The highest BCUT2D eigenvalue weighted by Crippen LogP contribution is 2.19. The molecule has 2 amide bonds. The molecule has 2 aliphatic heterocycles. The molecule has 178 valence electrons. The number of aryl methyl sites for hydroxylation is 1. The van der Waals surface area contributed by atoms with E-state index in [9.17, 15) is 9.59 Å². The Morgan fingerprint density at radius 1 is 0.970 bits per heavy atom. The third-order valence-electron chi connectivity index (χ3n) is 6.63. The topological polar surface area (TPSA) is 77.5 Å². The third kappa shape index (κ3) is 6.09. The van der Waals surface area contributed by atoms with Gasteiger partial charge in [0.25, 0.3) is 0 Å². The first-order chi connectivity index (χ1) is 16.0. The number of nitrogens with zero attached hydrogens (tertiary/aromatic N) is 5. The van der Waals surface area contributed by atoms with Crippen LogP contribution in [-0.2, 0) is 16.1 Å². The second kappa shape index (κ2) is 11.1. The van der Waals surface area contributed by atoms with Crippen molar-refractivity contribution in [3.63, 3.8) is 0 Å². The molecule has 1 N–H and O–H groups in total. The van der Waals surface area contributed by atoms with Crippen molar-refractivity contribution in [2.75, 3.05) is 45.8 Å². The zero-order valence-electron chi connectivity index (χ0n) is 19.5. The van der Waals surface area contributed by atoms with Crippen molar-refractivity contribution in [2.45, 2.75) is 45.6 Å². The highest BCUT2D eigenvalue weighted by molar-refractivity contribution is 7.71. The smallest absolute Gasteiger partial charge is 0.236 e. The summed E-state index contributed by atoms with van der Waals surface area (Å²) >= 11 is 5.41. The highest BCUT2D eigenvalue weighted by Gasteiger charge is 2.24. The monoisotopic (exact) mass is 470 g/mol. The Morgan fingerprint density at radius 2 is 1.67 bits per heavy atom. The molecule has 1 aromatic carbocycles. The van der Waals surface area contributed by atoms with Gasteiger partial charge < -0.3 is 9.80 Å². The number of piperazine rings is 1. The summed E-state index contributed by atoms with van der Waals surface area (Å²) in [6.07, 6.45) is 5.04. The minimum Gasteiger partial charge on any atom is -0.342 e. The minimum atomic E-state index is 0.117. The fourth-order valence-electron chi connectivity index (χ4n) is 4.66. The summed E-state index contributed by atoms with van der Waals surface area (Å²) in [5.41, 5.74) is 2.13. The molecule has 0 bridgehead atoms. The lowest BCUT2D eigenvalue weighted by Gasteiger charge is -2.35. The maximum absolute atomic E-state index is 12.9. The number of likely N-dealkylation sites (tertiary alicyclic amines) is 1. The van der Waals surface area contributed by atoms with Crippen LogP contribution < -0.4 is 0 Å². The van der Waals surface area contributed by atoms with Gasteiger partial charge in [0, 0.05) is 57.8 Å². The number of carbonyl (C=O) groups is 2. The Kier molecular flexibility index (Phi) is 7.93. The van der Waals surface area contributed by atoms with Crippen molar-refractivity contribution >= 4 is 24.0 Å². The number of aromatic nitrogens is 3. The van der Waals surface area contributed by atoms with Crippen LogP contribution >= 0.6 is 12.2 Å². The van der Waals surface area contributed by atoms with Crippen molar-refractivity contribution in [3.05, 3.63) is 34.6 Å². The van der Waals surface area contributed by atoms with Crippen LogP contribution in [0.25, 0.3) is 11.4 Å². The number of benzene rings is 1. The lowest BCUT2D eigenvalue weighted by atomic mass is 10.1. The van der Waals surface area contributed by atoms with Crippen LogP contribution in [0.1, 0.15) is 37.7 Å². The summed E-state index contributed by atoms with van der Waals surface area (Å²) in [5.74, 6) is 1.11. The van der Waals surface area contributed by atoms with Crippen LogP contribution in [0.15, 0.2) is 24.3 Å². The Hall–Kier alpha value is -2.52. The first-order valence-corrected chi connectivity index (χ1v) is 12.4. The molecule has 8 nitrogen and oxygen atoms in total. The largest absolute Gasteiger partial charge is 0.342 e. The van der Waals surface area contributed by atoms with E-state index in [0.29, 0.717) is 37.4 Å². The van der Waals surface area contributed by atoms with Gasteiger partial charge in [-0.3, -0.25) is 24.2 Å². The van der Waals surface area contributed by atoms with Crippen LogP contribution in [-0.4, -0.2) is 87.1 Å². The van der Waals surface area contributed by atoms with Gasteiger partial charge >= 0.3 is 0 Å². The molecule has 0 aliphatic carbocycles. The van der Waals surface area contributed by atoms with Gasteiger partial charge in [0.05, 0.1) is 6.54 Å². The fraction of sp³-hybridized carbons (Fsp3) is 0.583. The van der Waals surface area contributed by atoms with Crippen molar-refractivity contribution in [3.8, 4) is 11.4 Å². The van der Waals surface area contributed by atoms with Crippen LogP contribution in [0.4, 0.5) is 0 Å². The number of aromatic amines is 1. The molecule has 9 heteroatoms. The third-order valence-corrected chi connectivity index (χ3v) is 6.94. The first kappa shape index (κ1) is 23.6. The summed E-state index contributed by atoms with van der Waals surface area (Å²) in [7, 11) is 0. The molecule has 3 heterocycles. The molecule has 4 rings (SSSR count). The predicted molar refractivity (Wildman–Crippen MR) is 130 cm³/mol. The average Bonchev–Trinajstić information content (AvgIpc) is 3.00. The van der Waals surface area contributed by atoms with E-state index in [2.05, 4.69) is 21.2 Å². The van der Waals surface area contributed by atoms with E-state index in [-0.39, 0.29) is 11.8 Å². The quantitative estimate of drug-likeness (QED) is 0.657. The maximum Gasteiger partial charge on any atom is 0.236 e. The molecule has 2 fully saturated rings. The van der Waals surface area contributed by atoms with Crippen molar-refractivity contribution < 1.29 is 9.59 Å². The molecule has 1 aromatic heterocycles. The Labute approximate surface area is 200 Å². The van der Waals surface area contributed by atoms with Gasteiger partial charge in [-0.25, -0.2) is 0 Å². The maximum atomic E-state index is 12.9. The molecule has 2 aromatic rings. The molecule has 0 saturated carbocycles. The number of hydrogen-bond acceptors (Lipinski definition) is 5. The van der Waals surface area contributed by atoms with Crippen molar-refractivity contribution in [1.29, 1.82) is 0 Å². The van der Waals surface area contributed by atoms with Crippen LogP contribution in [0.2, 0.25) is 0 Å². The normalized spacial score (nSPS) is 17.7. The Balaban J connectivity index is 1.27. The minimum absolute atomic E-state index is 0.117. The van der Waals surface area contributed by atoms with Gasteiger partial charge in [-0.2, -0.15) is 5.10 Å². The molecule has 0 spiro atoms. The van der Waals surface area contributed by atoms with E-state index in [0.717, 1.165) is 56.0 Å². The van der Waals surface area contributed by atoms with E-state index in [1.165, 1.54) is 12.8 Å². The summed E-state index contributed by atoms with van der Waals surface area (Å²) in [5, 5.41) is 7.24. The number of rotatable bonds is 6. The van der Waals surface area contributed by atoms with Crippen LogP contribution in [0.5, 0.6) is 0 Å². The predicted octanol–water partition coefficient (Wildman–Crippen LogP) is 2.85. The molecular weight excluding hydrogens is 436 g/mol. The second-order valence-electron chi connectivity index (χ2n) is 9.08. The lowest BCUT2D eigenvalue weighted by molar-refractivity contribution is -0.135. The summed E-state index contributed by atoms with van der Waals surface area (Å²) in [4.78, 5) is 31.6. The molecule has 33 heavy (non-hydrogen) atoms.